The third kappa shape index (κ3) is 2.88. The molecule has 2 rings (SSSR count). The molecular formula is C12H13FN2OS2. The van der Waals surface area contributed by atoms with Crippen molar-refractivity contribution in [2.24, 2.45) is 0 Å². The maximum absolute atomic E-state index is 13.5. The molecule has 1 N–H and O–H groups in total. The first-order valence-electron chi connectivity index (χ1n) is 5.43. The normalized spacial score (nSPS) is 12.7. The van der Waals surface area contributed by atoms with Gasteiger partial charge < -0.3 is 5.11 Å². The summed E-state index contributed by atoms with van der Waals surface area (Å²) >= 11 is 2.71. The number of aryl methyl sites for hydroxylation is 2. The van der Waals surface area contributed by atoms with E-state index in [1.54, 1.807) is 19.9 Å². The summed E-state index contributed by atoms with van der Waals surface area (Å²) in [5, 5.41) is 9.69. The Morgan fingerprint density at radius 2 is 2.11 bits per heavy atom. The van der Waals surface area contributed by atoms with Gasteiger partial charge in [0.1, 0.15) is 11.6 Å². The van der Waals surface area contributed by atoms with Gasteiger partial charge in [-0.3, -0.25) is 0 Å². The van der Waals surface area contributed by atoms with Crippen LogP contribution >= 0.6 is 23.3 Å². The number of aliphatic hydroxyl groups is 1. The van der Waals surface area contributed by atoms with Crippen LogP contribution in [0.5, 0.6) is 0 Å². The second-order valence-corrected chi connectivity index (χ2v) is 6.07. The molecule has 1 aromatic heterocycles. The fraction of sp³-hybridized carbons (Fsp3) is 0.333. The molecule has 1 atom stereocenters. The zero-order valence-corrected chi connectivity index (χ0v) is 11.9. The lowest BCUT2D eigenvalue weighted by molar-refractivity contribution is 0.196. The van der Waals surface area contributed by atoms with E-state index < -0.39 is 6.10 Å². The van der Waals surface area contributed by atoms with Crippen molar-refractivity contribution in [2.75, 3.05) is 0 Å². The van der Waals surface area contributed by atoms with Crippen LogP contribution in [0, 0.1) is 19.7 Å². The van der Waals surface area contributed by atoms with Crippen LogP contribution in [0.1, 0.15) is 30.0 Å². The molecule has 96 valence electrons. The highest BCUT2D eigenvalue weighted by molar-refractivity contribution is 8.01. The molecule has 1 aromatic carbocycles. The Morgan fingerprint density at radius 3 is 2.67 bits per heavy atom. The molecule has 0 saturated heterocycles. The minimum Gasteiger partial charge on any atom is -0.389 e. The Hall–Kier alpha value is -0.980. The highest BCUT2D eigenvalue weighted by Crippen LogP contribution is 2.35. The number of aliphatic hydroxyl groups excluding tert-OH is 1. The molecule has 2 aromatic rings. The van der Waals surface area contributed by atoms with Gasteiger partial charge in [-0.1, -0.05) is 11.8 Å². The van der Waals surface area contributed by atoms with Crippen LogP contribution in [0.15, 0.2) is 21.4 Å². The third-order valence-corrected chi connectivity index (χ3v) is 4.36. The van der Waals surface area contributed by atoms with Crippen molar-refractivity contribution in [1.82, 2.24) is 9.36 Å². The maximum Gasteiger partial charge on any atom is 0.174 e. The topological polar surface area (TPSA) is 46.0 Å². The predicted octanol–water partition coefficient (Wildman–Crippen LogP) is 3.50. The summed E-state index contributed by atoms with van der Waals surface area (Å²) in [5.74, 6) is 0.420. The summed E-state index contributed by atoms with van der Waals surface area (Å²) < 4.78 is 18.4. The lowest BCUT2D eigenvalue weighted by Gasteiger charge is -2.12. The second-order valence-electron chi connectivity index (χ2n) is 4.02. The molecule has 0 saturated carbocycles. The number of nitrogens with zero attached hydrogens (tertiary/aromatic N) is 2. The predicted molar refractivity (Wildman–Crippen MR) is 70.5 cm³/mol. The largest absolute Gasteiger partial charge is 0.389 e. The van der Waals surface area contributed by atoms with Crippen molar-refractivity contribution >= 4 is 23.3 Å². The highest BCUT2D eigenvalue weighted by Gasteiger charge is 2.14. The van der Waals surface area contributed by atoms with E-state index in [9.17, 15) is 9.50 Å². The first kappa shape index (κ1) is 13.5. The Bertz CT molecular complexity index is 569. The van der Waals surface area contributed by atoms with Gasteiger partial charge in [0, 0.05) is 4.90 Å². The zero-order chi connectivity index (χ0) is 13.3. The molecule has 0 bridgehead atoms. The average Bonchev–Trinajstić information content (AvgIpc) is 2.68. The third-order valence-electron chi connectivity index (χ3n) is 2.45. The molecule has 0 radical (unpaired) electrons. The maximum atomic E-state index is 13.5. The molecule has 6 heteroatoms. The van der Waals surface area contributed by atoms with Gasteiger partial charge >= 0.3 is 0 Å². The zero-order valence-electron chi connectivity index (χ0n) is 10.3. The van der Waals surface area contributed by atoms with Gasteiger partial charge in [0.05, 0.1) is 6.10 Å². The number of rotatable bonds is 3. The van der Waals surface area contributed by atoms with E-state index in [2.05, 4.69) is 9.36 Å². The first-order valence-corrected chi connectivity index (χ1v) is 7.02. The van der Waals surface area contributed by atoms with E-state index in [1.165, 1.54) is 29.4 Å². The van der Waals surface area contributed by atoms with Crippen LogP contribution < -0.4 is 0 Å². The first-order chi connectivity index (χ1) is 8.47. The fourth-order valence-corrected chi connectivity index (χ4v) is 3.40. The molecule has 1 heterocycles. The number of benzene rings is 1. The molecule has 0 unspecified atom stereocenters. The molecule has 0 aliphatic rings. The highest BCUT2D eigenvalue weighted by atomic mass is 32.2. The molecule has 18 heavy (non-hydrogen) atoms. The summed E-state index contributed by atoms with van der Waals surface area (Å²) in [7, 11) is 0. The molecule has 0 aliphatic carbocycles. The second kappa shape index (κ2) is 5.34. The fourth-order valence-electron chi connectivity index (χ4n) is 1.50. The molecular weight excluding hydrogens is 271 g/mol. The Kier molecular flexibility index (Phi) is 3.99. The molecule has 0 fully saturated rings. The van der Waals surface area contributed by atoms with Gasteiger partial charge in [0.2, 0.25) is 0 Å². The lowest BCUT2D eigenvalue weighted by atomic mass is 10.1. The van der Waals surface area contributed by atoms with E-state index in [-0.39, 0.29) is 5.82 Å². The smallest absolute Gasteiger partial charge is 0.174 e. The Morgan fingerprint density at radius 1 is 1.39 bits per heavy atom. The van der Waals surface area contributed by atoms with E-state index in [1.807, 2.05) is 6.92 Å². The summed E-state index contributed by atoms with van der Waals surface area (Å²) in [6, 6.07) is 3.12. The van der Waals surface area contributed by atoms with Gasteiger partial charge in [-0.15, -0.1) is 0 Å². The van der Waals surface area contributed by atoms with Gasteiger partial charge in [0.25, 0.3) is 0 Å². The van der Waals surface area contributed by atoms with Gasteiger partial charge in [-0.2, -0.15) is 4.37 Å². The van der Waals surface area contributed by atoms with Crippen molar-refractivity contribution in [3.8, 4) is 0 Å². The minimum absolute atomic E-state index is 0.302. The monoisotopic (exact) mass is 284 g/mol. The Balaban J connectivity index is 2.39. The molecule has 3 nitrogen and oxygen atoms in total. The average molecular weight is 284 g/mol. The van der Waals surface area contributed by atoms with Gasteiger partial charge in [0.15, 0.2) is 4.34 Å². The van der Waals surface area contributed by atoms with E-state index in [4.69, 9.17) is 0 Å². The van der Waals surface area contributed by atoms with E-state index in [0.29, 0.717) is 11.1 Å². The number of hydrogen-bond donors (Lipinski definition) is 1. The van der Waals surface area contributed by atoms with Crippen LogP contribution in [-0.4, -0.2) is 14.5 Å². The minimum atomic E-state index is -0.711. The van der Waals surface area contributed by atoms with Crippen LogP contribution in [0.4, 0.5) is 4.39 Å². The van der Waals surface area contributed by atoms with Gasteiger partial charge in [-0.25, -0.2) is 9.37 Å². The SMILES string of the molecule is Cc1nsc(Sc2cc(C)c(F)cc2[C@@H](C)O)n1. The van der Waals surface area contributed by atoms with Gasteiger partial charge in [-0.05, 0) is 55.6 Å². The summed E-state index contributed by atoms with van der Waals surface area (Å²) in [6.45, 7) is 5.15. The van der Waals surface area contributed by atoms with Crippen molar-refractivity contribution in [2.45, 2.75) is 36.1 Å². The molecule has 0 amide bonds. The summed E-state index contributed by atoms with van der Waals surface area (Å²) in [6.07, 6.45) is -0.711. The Labute approximate surface area is 113 Å². The van der Waals surface area contributed by atoms with Crippen LogP contribution in [0.3, 0.4) is 0 Å². The van der Waals surface area contributed by atoms with Crippen molar-refractivity contribution in [3.63, 3.8) is 0 Å². The lowest BCUT2D eigenvalue weighted by Crippen LogP contribution is -1.97. The van der Waals surface area contributed by atoms with E-state index in [0.717, 1.165) is 15.1 Å². The van der Waals surface area contributed by atoms with Crippen LogP contribution in [0.25, 0.3) is 0 Å². The van der Waals surface area contributed by atoms with E-state index >= 15 is 0 Å². The molecule has 0 spiro atoms. The molecule has 0 aliphatic heterocycles. The van der Waals surface area contributed by atoms with Crippen LogP contribution in [0.2, 0.25) is 0 Å². The van der Waals surface area contributed by atoms with Crippen molar-refractivity contribution < 1.29 is 9.50 Å². The van der Waals surface area contributed by atoms with Crippen LogP contribution in [-0.2, 0) is 0 Å². The quantitative estimate of drug-likeness (QED) is 0.937. The number of halogens is 1. The van der Waals surface area contributed by atoms with Crippen molar-refractivity contribution in [3.05, 3.63) is 34.9 Å². The van der Waals surface area contributed by atoms with Crippen molar-refractivity contribution in [1.29, 1.82) is 0 Å². The summed E-state index contributed by atoms with van der Waals surface area (Å²) in [5.41, 5.74) is 1.14. The summed E-state index contributed by atoms with van der Waals surface area (Å²) in [4.78, 5) is 5.07. The standard InChI is InChI=1S/C12H13FN2OS2/c1-6-4-11(9(7(2)16)5-10(6)13)17-12-14-8(3)15-18-12/h4-5,7,16H,1-3H3/t7-/m1/s1. The number of aromatic nitrogens is 2. The number of hydrogen-bond acceptors (Lipinski definition) is 5.